The van der Waals surface area contributed by atoms with Crippen LogP contribution >= 0.6 is 38.5 Å². The minimum atomic E-state index is -4.59. The number of alkyl halides is 6. The molecule has 9 nitrogen and oxygen atoms in total. The molecule has 1 spiro atoms. The van der Waals surface area contributed by atoms with Crippen molar-refractivity contribution in [3.63, 3.8) is 0 Å². The lowest BCUT2D eigenvalue weighted by molar-refractivity contribution is -0.153. The summed E-state index contributed by atoms with van der Waals surface area (Å²) in [6, 6.07) is 1.69. The van der Waals surface area contributed by atoms with Crippen molar-refractivity contribution < 1.29 is 45.3 Å². The lowest BCUT2D eigenvalue weighted by atomic mass is 9.72. The SMILES string of the molecule is CC(C)(C)OC(=O)N1CC2(CCN(c3nc(OC4CCN(CC(F)(F)F)CC4)nc4c(OCC(F)(F)F)c(Br)c(I)cc34)CC2)C1. The summed E-state index contributed by atoms with van der Waals surface area (Å²) in [5, 5.41) is 0.483. The van der Waals surface area contributed by atoms with Crippen LogP contribution in [0, 0.1) is 8.99 Å². The molecular formula is C29H35BrF6IN5O4. The molecule has 1 aromatic heterocycles. The minimum Gasteiger partial charge on any atom is -0.481 e. The van der Waals surface area contributed by atoms with Crippen molar-refractivity contribution >= 4 is 61.3 Å². The molecule has 4 heterocycles. The van der Waals surface area contributed by atoms with Crippen molar-refractivity contribution in [2.75, 3.05) is 57.3 Å². The first-order valence-electron chi connectivity index (χ1n) is 14.9. The summed E-state index contributed by atoms with van der Waals surface area (Å²) in [4.78, 5) is 26.7. The number of piperidine rings is 2. The molecule has 1 aromatic carbocycles. The molecule has 0 saturated carbocycles. The van der Waals surface area contributed by atoms with Gasteiger partial charge in [-0.15, -0.1) is 0 Å². The number of nitrogens with zero attached hydrogens (tertiary/aromatic N) is 5. The van der Waals surface area contributed by atoms with Gasteiger partial charge in [0.15, 0.2) is 12.4 Å². The molecule has 0 radical (unpaired) electrons. The van der Waals surface area contributed by atoms with Crippen molar-refractivity contribution in [3.05, 3.63) is 14.1 Å². The number of fused-ring (bicyclic) bond motifs is 1. The number of ether oxygens (including phenoxy) is 3. The number of carbonyl (C=O) groups is 1. The van der Waals surface area contributed by atoms with Gasteiger partial charge in [-0.25, -0.2) is 4.79 Å². The maximum atomic E-state index is 13.2. The Kier molecular flexibility index (Phi) is 10.1. The third-order valence-electron chi connectivity index (χ3n) is 8.22. The zero-order chi connectivity index (χ0) is 33.7. The summed E-state index contributed by atoms with van der Waals surface area (Å²) in [6.07, 6.45) is -7.61. The minimum absolute atomic E-state index is 0.0710. The second-order valence-electron chi connectivity index (χ2n) is 13.2. The second-order valence-corrected chi connectivity index (χ2v) is 15.1. The molecule has 256 valence electrons. The van der Waals surface area contributed by atoms with Gasteiger partial charge in [0, 0.05) is 53.6 Å². The van der Waals surface area contributed by atoms with E-state index in [2.05, 4.69) is 20.9 Å². The third-order valence-corrected chi connectivity index (χ3v) is 10.6. The molecule has 0 atom stereocenters. The van der Waals surface area contributed by atoms with Crippen LogP contribution in [-0.2, 0) is 4.74 Å². The van der Waals surface area contributed by atoms with E-state index in [1.54, 1.807) is 11.0 Å². The van der Waals surface area contributed by atoms with Crippen molar-refractivity contribution in [2.24, 2.45) is 5.41 Å². The number of anilines is 1. The average molecular weight is 838 g/mol. The Morgan fingerprint density at radius 2 is 1.65 bits per heavy atom. The van der Waals surface area contributed by atoms with E-state index in [0.717, 1.165) is 12.8 Å². The Balaban J connectivity index is 1.39. The van der Waals surface area contributed by atoms with E-state index in [1.165, 1.54) is 4.90 Å². The molecule has 3 aliphatic heterocycles. The van der Waals surface area contributed by atoms with E-state index in [1.807, 2.05) is 48.3 Å². The van der Waals surface area contributed by atoms with Crippen LogP contribution in [0.4, 0.5) is 37.0 Å². The lowest BCUT2D eigenvalue weighted by Crippen LogP contribution is -2.62. The number of carbonyl (C=O) groups excluding carboxylic acids is 1. The smallest absolute Gasteiger partial charge is 0.422 e. The number of rotatable bonds is 6. The summed E-state index contributed by atoms with van der Waals surface area (Å²) >= 11 is 5.36. The van der Waals surface area contributed by atoms with E-state index in [-0.39, 0.29) is 41.9 Å². The maximum absolute atomic E-state index is 13.2. The molecule has 3 aliphatic rings. The maximum Gasteiger partial charge on any atom is 0.422 e. The number of hydrogen-bond acceptors (Lipinski definition) is 8. The fourth-order valence-electron chi connectivity index (χ4n) is 6.04. The van der Waals surface area contributed by atoms with E-state index >= 15 is 0 Å². The van der Waals surface area contributed by atoms with Crippen molar-refractivity contribution in [1.82, 2.24) is 19.8 Å². The highest BCUT2D eigenvalue weighted by atomic mass is 127. The van der Waals surface area contributed by atoms with E-state index in [4.69, 9.17) is 19.2 Å². The number of likely N-dealkylation sites (tertiary alicyclic amines) is 2. The molecule has 0 aliphatic carbocycles. The van der Waals surface area contributed by atoms with Crippen LogP contribution in [0.2, 0.25) is 0 Å². The summed E-state index contributed by atoms with van der Waals surface area (Å²) in [5.74, 6) is 0.364. The van der Waals surface area contributed by atoms with Gasteiger partial charge in [-0.1, -0.05) is 0 Å². The molecule has 0 unspecified atom stereocenters. The molecular weight excluding hydrogens is 803 g/mol. The Hall–Kier alpha value is -2.02. The summed E-state index contributed by atoms with van der Waals surface area (Å²) < 4.78 is 96.0. The average Bonchev–Trinajstić information content (AvgIpc) is 2.91. The van der Waals surface area contributed by atoms with Crippen LogP contribution in [0.1, 0.15) is 46.5 Å². The van der Waals surface area contributed by atoms with Gasteiger partial charge in [0.2, 0.25) is 0 Å². The molecule has 5 rings (SSSR count). The Labute approximate surface area is 284 Å². The van der Waals surface area contributed by atoms with Gasteiger partial charge in [-0.3, -0.25) is 4.90 Å². The first kappa shape index (κ1) is 35.3. The summed E-state index contributed by atoms with van der Waals surface area (Å²) in [6.45, 7) is 5.53. The molecule has 0 N–H and O–H groups in total. The highest BCUT2D eigenvalue weighted by Gasteiger charge is 2.48. The molecule has 1 amide bonds. The van der Waals surface area contributed by atoms with Gasteiger partial charge in [0.1, 0.15) is 23.0 Å². The monoisotopic (exact) mass is 837 g/mol. The second kappa shape index (κ2) is 13.1. The number of benzene rings is 1. The lowest BCUT2D eigenvalue weighted by Gasteiger charge is -2.53. The van der Waals surface area contributed by atoms with Gasteiger partial charge in [0.25, 0.3) is 0 Å². The molecule has 17 heteroatoms. The number of halogens is 8. The quantitative estimate of drug-likeness (QED) is 0.224. The third kappa shape index (κ3) is 8.71. The van der Waals surface area contributed by atoms with E-state index in [0.29, 0.717) is 58.3 Å². The van der Waals surface area contributed by atoms with Crippen LogP contribution in [0.5, 0.6) is 11.8 Å². The van der Waals surface area contributed by atoms with Crippen LogP contribution < -0.4 is 14.4 Å². The zero-order valence-corrected chi connectivity index (χ0v) is 29.3. The Morgan fingerprint density at radius 3 is 2.22 bits per heavy atom. The van der Waals surface area contributed by atoms with Crippen molar-refractivity contribution in [3.8, 4) is 11.8 Å². The number of amides is 1. The van der Waals surface area contributed by atoms with Crippen LogP contribution in [0.25, 0.3) is 10.9 Å². The predicted molar refractivity (Wildman–Crippen MR) is 169 cm³/mol. The zero-order valence-electron chi connectivity index (χ0n) is 25.5. The van der Waals surface area contributed by atoms with Gasteiger partial charge in [0.05, 0.1) is 11.0 Å². The van der Waals surface area contributed by atoms with Crippen molar-refractivity contribution in [1.29, 1.82) is 0 Å². The molecule has 3 saturated heterocycles. The standard InChI is InChI=1S/C29H35BrF6IN5O4/c1-26(2,3)46-25(43)42-13-27(14-42)6-10-41(11-7-27)23-18-12-19(37)20(30)22(44-16-29(34,35)36)21(18)38-24(39-23)45-17-4-8-40(9-5-17)15-28(31,32)33/h12,17H,4-11,13-16H2,1-3H3. The fraction of sp³-hybridized carbons (Fsp3) is 0.690. The summed E-state index contributed by atoms with van der Waals surface area (Å²) in [5.41, 5.74) is -0.531. The number of aromatic nitrogens is 2. The Bertz CT molecular complexity index is 1430. The van der Waals surface area contributed by atoms with Crippen molar-refractivity contribution in [2.45, 2.75) is 70.5 Å². The first-order chi connectivity index (χ1) is 21.3. The first-order valence-corrected chi connectivity index (χ1v) is 16.7. The highest BCUT2D eigenvalue weighted by Crippen LogP contribution is 2.45. The summed E-state index contributed by atoms with van der Waals surface area (Å²) in [7, 11) is 0. The van der Waals surface area contributed by atoms with E-state index < -0.39 is 37.2 Å². The number of hydrogen-bond donors (Lipinski definition) is 0. The highest BCUT2D eigenvalue weighted by molar-refractivity contribution is 14.1. The Morgan fingerprint density at radius 1 is 1.02 bits per heavy atom. The topological polar surface area (TPSA) is 80.3 Å². The van der Waals surface area contributed by atoms with Crippen LogP contribution in [0.15, 0.2) is 10.5 Å². The van der Waals surface area contributed by atoms with Crippen LogP contribution in [0.3, 0.4) is 0 Å². The van der Waals surface area contributed by atoms with Gasteiger partial charge in [-0.2, -0.15) is 36.3 Å². The van der Waals surface area contributed by atoms with Gasteiger partial charge in [-0.05, 0) is 91.0 Å². The fourth-order valence-corrected chi connectivity index (χ4v) is 7.01. The molecule has 3 fully saturated rings. The predicted octanol–water partition coefficient (Wildman–Crippen LogP) is 7.18. The molecule has 2 aromatic rings. The van der Waals surface area contributed by atoms with Gasteiger partial charge >= 0.3 is 24.5 Å². The molecule has 46 heavy (non-hydrogen) atoms. The normalized spacial score (nSPS) is 19.8. The van der Waals surface area contributed by atoms with Gasteiger partial charge < -0.3 is 24.0 Å². The van der Waals surface area contributed by atoms with E-state index in [9.17, 15) is 31.1 Å². The molecule has 0 bridgehead atoms. The largest absolute Gasteiger partial charge is 0.481 e. The van der Waals surface area contributed by atoms with Crippen LogP contribution in [-0.4, -0.2) is 102 Å².